The fourth-order valence-corrected chi connectivity index (χ4v) is 2.82. The molecule has 6 nitrogen and oxygen atoms in total. The molecule has 0 aromatic carbocycles. The monoisotopic (exact) mass is 256 g/mol. The number of nitrogens with zero attached hydrogens (tertiary/aromatic N) is 4. The molecular formula is C10H20N6S. The molecule has 1 aliphatic rings. The molecule has 0 radical (unpaired) electrons. The Morgan fingerprint density at radius 2 is 2.41 bits per heavy atom. The highest BCUT2D eigenvalue weighted by molar-refractivity contribution is 7.99. The van der Waals surface area contributed by atoms with Crippen LogP contribution in [0, 0.1) is 0 Å². The number of nitrogens with one attached hydrogen (secondary N) is 2. The van der Waals surface area contributed by atoms with Gasteiger partial charge < -0.3 is 10.6 Å². The van der Waals surface area contributed by atoms with E-state index in [-0.39, 0.29) is 5.54 Å². The van der Waals surface area contributed by atoms with Crippen molar-refractivity contribution in [1.29, 1.82) is 0 Å². The first-order valence-electron chi connectivity index (χ1n) is 5.93. The Morgan fingerprint density at radius 1 is 1.59 bits per heavy atom. The molecule has 2 rings (SSSR count). The standard InChI is InChI=1S/C10H20N6S/c1-10(2)8(4-5-12-10)11-6-7-17-9-13-14-15-16(9)3/h8,11-12H,4-7H2,1-3H3. The van der Waals surface area contributed by atoms with E-state index in [4.69, 9.17) is 0 Å². The van der Waals surface area contributed by atoms with Gasteiger partial charge in [-0.05, 0) is 37.2 Å². The minimum atomic E-state index is 0.205. The van der Waals surface area contributed by atoms with Crippen LogP contribution in [-0.4, -0.2) is 50.6 Å². The molecule has 2 N–H and O–H groups in total. The van der Waals surface area contributed by atoms with Crippen LogP contribution in [0.25, 0.3) is 0 Å². The summed E-state index contributed by atoms with van der Waals surface area (Å²) in [7, 11) is 1.86. The number of aromatic nitrogens is 4. The van der Waals surface area contributed by atoms with Gasteiger partial charge in [0.05, 0.1) is 0 Å². The van der Waals surface area contributed by atoms with Crippen LogP contribution in [0.4, 0.5) is 0 Å². The summed E-state index contributed by atoms with van der Waals surface area (Å²) >= 11 is 1.68. The minimum absolute atomic E-state index is 0.205. The quantitative estimate of drug-likeness (QED) is 0.572. The van der Waals surface area contributed by atoms with Crippen LogP contribution in [0.5, 0.6) is 0 Å². The van der Waals surface area contributed by atoms with Gasteiger partial charge in [-0.15, -0.1) is 5.10 Å². The van der Waals surface area contributed by atoms with Gasteiger partial charge in [0.25, 0.3) is 0 Å². The van der Waals surface area contributed by atoms with Crippen LogP contribution in [0.3, 0.4) is 0 Å². The Hall–Kier alpha value is -0.660. The fraction of sp³-hybridized carbons (Fsp3) is 0.900. The Balaban J connectivity index is 1.68. The van der Waals surface area contributed by atoms with Gasteiger partial charge in [0.15, 0.2) is 0 Å². The highest BCUT2D eigenvalue weighted by Crippen LogP contribution is 2.18. The van der Waals surface area contributed by atoms with E-state index in [1.807, 2.05) is 7.05 Å². The molecule has 96 valence electrons. The third-order valence-electron chi connectivity index (χ3n) is 3.19. The van der Waals surface area contributed by atoms with E-state index in [9.17, 15) is 0 Å². The predicted molar refractivity (Wildman–Crippen MR) is 68.0 cm³/mol. The third-order valence-corrected chi connectivity index (χ3v) is 4.20. The highest BCUT2D eigenvalue weighted by Gasteiger charge is 2.33. The van der Waals surface area contributed by atoms with Crippen molar-refractivity contribution in [3.8, 4) is 0 Å². The Morgan fingerprint density at radius 3 is 3.00 bits per heavy atom. The Bertz CT molecular complexity index is 363. The van der Waals surface area contributed by atoms with E-state index >= 15 is 0 Å². The minimum Gasteiger partial charge on any atom is -0.311 e. The topological polar surface area (TPSA) is 67.7 Å². The molecular weight excluding hydrogens is 236 g/mol. The largest absolute Gasteiger partial charge is 0.311 e. The lowest BCUT2D eigenvalue weighted by atomic mass is 9.97. The maximum atomic E-state index is 3.94. The normalized spacial score (nSPS) is 23.1. The fourth-order valence-electron chi connectivity index (χ4n) is 2.10. The van der Waals surface area contributed by atoms with Crippen molar-refractivity contribution < 1.29 is 0 Å². The molecule has 0 aliphatic carbocycles. The van der Waals surface area contributed by atoms with E-state index < -0.39 is 0 Å². The summed E-state index contributed by atoms with van der Waals surface area (Å²) in [6.45, 7) is 6.58. The summed E-state index contributed by atoms with van der Waals surface area (Å²) in [5, 5.41) is 19.3. The van der Waals surface area contributed by atoms with Crippen molar-refractivity contribution in [3.05, 3.63) is 0 Å². The molecule has 1 unspecified atom stereocenters. The highest BCUT2D eigenvalue weighted by atomic mass is 32.2. The Kier molecular flexibility index (Phi) is 4.01. The molecule has 1 aromatic rings. The predicted octanol–water partition coefficient (Wildman–Crippen LogP) is 0.0323. The lowest BCUT2D eigenvalue weighted by Crippen LogP contribution is -2.49. The molecule has 1 atom stereocenters. The first-order valence-corrected chi connectivity index (χ1v) is 6.92. The molecule has 0 amide bonds. The van der Waals surface area contributed by atoms with Crippen molar-refractivity contribution >= 4 is 11.8 Å². The lowest BCUT2D eigenvalue weighted by Gasteiger charge is -2.27. The maximum Gasteiger partial charge on any atom is 0.209 e. The first kappa shape index (κ1) is 12.8. The maximum absolute atomic E-state index is 3.94. The molecule has 0 bridgehead atoms. The van der Waals surface area contributed by atoms with Gasteiger partial charge >= 0.3 is 0 Å². The number of hydrogen-bond acceptors (Lipinski definition) is 6. The number of thioether (sulfide) groups is 1. The zero-order chi connectivity index (χ0) is 12.3. The van der Waals surface area contributed by atoms with Gasteiger partial charge in [-0.1, -0.05) is 11.8 Å². The molecule has 2 heterocycles. The average molecular weight is 256 g/mol. The van der Waals surface area contributed by atoms with E-state index in [1.165, 1.54) is 6.42 Å². The molecule has 1 aromatic heterocycles. The summed E-state index contributed by atoms with van der Waals surface area (Å²) in [5.41, 5.74) is 0.205. The van der Waals surface area contributed by atoms with Crippen molar-refractivity contribution in [3.63, 3.8) is 0 Å². The zero-order valence-corrected chi connectivity index (χ0v) is 11.4. The zero-order valence-electron chi connectivity index (χ0n) is 10.6. The second-order valence-corrected chi connectivity index (χ2v) is 5.94. The van der Waals surface area contributed by atoms with E-state index in [0.29, 0.717) is 6.04 Å². The van der Waals surface area contributed by atoms with Crippen molar-refractivity contribution in [1.82, 2.24) is 30.8 Å². The molecule has 0 spiro atoms. The van der Waals surface area contributed by atoms with Gasteiger partial charge in [0, 0.05) is 30.9 Å². The smallest absolute Gasteiger partial charge is 0.209 e. The summed E-state index contributed by atoms with van der Waals surface area (Å²) < 4.78 is 1.70. The van der Waals surface area contributed by atoms with Crippen LogP contribution >= 0.6 is 11.8 Å². The van der Waals surface area contributed by atoms with E-state index in [1.54, 1.807) is 16.4 Å². The summed E-state index contributed by atoms with van der Waals surface area (Å²) in [6.07, 6.45) is 1.20. The lowest BCUT2D eigenvalue weighted by molar-refractivity contribution is 0.358. The summed E-state index contributed by atoms with van der Waals surface area (Å²) in [4.78, 5) is 0. The average Bonchev–Trinajstić information content (AvgIpc) is 2.81. The van der Waals surface area contributed by atoms with E-state index in [2.05, 4.69) is 40.0 Å². The van der Waals surface area contributed by atoms with E-state index in [0.717, 1.165) is 24.0 Å². The third kappa shape index (κ3) is 3.17. The van der Waals surface area contributed by atoms with Gasteiger partial charge in [-0.3, -0.25) is 0 Å². The van der Waals surface area contributed by atoms with Gasteiger partial charge in [-0.2, -0.15) is 0 Å². The number of tetrazole rings is 1. The van der Waals surface area contributed by atoms with Crippen molar-refractivity contribution in [2.24, 2.45) is 7.05 Å². The van der Waals surface area contributed by atoms with Crippen molar-refractivity contribution in [2.45, 2.75) is 37.0 Å². The number of rotatable bonds is 5. The van der Waals surface area contributed by atoms with Crippen LogP contribution in [0.2, 0.25) is 0 Å². The van der Waals surface area contributed by atoms with Crippen molar-refractivity contribution in [2.75, 3.05) is 18.8 Å². The molecule has 7 heteroatoms. The molecule has 1 aliphatic heterocycles. The second-order valence-electron chi connectivity index (χ2n) is 4.88. The first-order chi connectivity index (χ1) is 8.09. The van der Waals surface area contributed by atoms with Crippen LogP contribution < -0.4 is 10.6 Å². The number of hydrogen-bond donors (Lipinski definition) is 2. The van der Waals surface area contributed by atoms with Crippen LogP contribution in [-0.2, 0) is 7.05 Å². The van der Waals surface area contributed by atoms with Gasteiger partial charge in [-0.25, -0.2) is 4.68 Å². The summed E-state index contributed by atoms with van der Waals surface area (Å²) in [6, 6.07) is 0.556. The van der Waals surface area contributed by atoms with Gasteiger partial charge in [0.2, 0.25) is 5.16 Å². The molecule has 1 fully saturated rings. The second kappa shape index (κ2) is 5.32. The van der Waals surface area contributed by atoms with Crippen LogP contribution in [0.1, 0.15) is 20.3 Å². The molecule has 1 saturated heterocycles. The Labute approximate surface area is 106 Å². The molecule has 0 saturated carbocycles. The van der Waals surface area contributed by atoms with Crippen LogP contribution in [0.15, 0.2) is 5.16 Å². The summed E-state index contributed by atoms with van der Waals surface area (Å²) in [5.74, 6) is 0.987. The van der Waals surface area contributed by atoms with Gasteiger partial charge in [0.1, 0.15) is 0 Å². The SMILES string of the molecule is Cn1nnnc1SCCNC1CCNC1(C)C. The number of aryl methyl sites for hydroxylation is 1. The molecule has 17 heavy (non-hydrogen) atoms.